The van der Waals surface area contributed by atoms with Crippen molar-refractivity contribution in [1.29, 1.82) is 0 Å². The van der Waals surface area contributed by atoms with Crippen molar-refractivity contribution in [3.63, 3.8) is 0 Å². The lowest BCUT2D eigenvalue weighted by molar-refractivity contribution is -0.133. The number of benzene rings is 3. The van der Waals surface area contributed by atoms with Gasteiger partial charge in [-0.25, -0.2) is 4.79 Å². The summed E-state index contributed by atoms with van der Waals surface area (Å²) < 4.78 is 0. The van der Waals surface area contributed by atoms with Crippen molar-refractivity contribution < 1.29 is 14.4 Å². The molecule has 4 amide bonds. The van der Waals surface area contributed by atoms with E-state index in [0.717, 1.165) is 34.8 Å². The van der Waals surface area contributed by atoms with Crippen LogP contribution >= 0.6 is 0 Å². The van der Waals surface area contributed by atoms with E-state index in [2.05, 4.69) is 15.5 Å². The Bertz CT molecular complexity index is 1320. The number of imide groups is 1. The summed E-state index contributed by atoms with van der Waals surface area (Å²) in [6.07, 6.45) is 3.65. The summed E-state index contributed by atoms with van der Waals surface area (Å²) in [4.78, 5) is 43.3. The number of hydrogen-bond donors (Lipinski definition) is 2. The maximum absolute atomic E-state index is 13.9. The molecular weight excluding hydrogens is 464 g/mol. The van der Waals surface area contributed by atoms with Gasteiger partial charge in [-0.15, -0.1) is 0 Å². The molecule has 7 nitrogen and oxygen atoms in total. The first-order chi connectivity index (χ1) is 17.9. The molecule has 0 spiro atoms. The molecule has 3 aromatic carbocycles. The van der Waals surface area contributed by atoms with Crippen molar-refractivity contribution in [2.45, 2.75) is 38.6 Å². The van der Waals surface area contributed by atoms with E-state index in [4.69, 9.17) is 0 Å². The average Bonchev–Trinajstić information content (AvgIpc) is 3.17. The number of piperidine rings is 1. The van der Waals surface area contributed by atoms with E-state index in [1.807, 2.05) is 86.6 Å². The molecule has 2 aliphatic rings. The standard InChI is InChI=1S/C30H32N4O3/c1-21-11-12-24(19-22(21)2)30(23-9-5-3-6-10-23)28(36)34(29(37)32-30)20-27(35)31-25-13-15-26(16-14-25)33-17-7-4-8-18-33/h3,5-6,9-16,19H,4,7-8,17-18,20H2,1-2H3,(H,31,35)(H,32,37)/t30-/m0/s1. The molecule has 2 fully saturated rings. The minimum Gasteiger partial charge on any atom is -0.372 e. The van der Waals surface area contributed by atoms with Crippen molar-refractivity contribution >= 4 is 29.2 Å². The van der Waals surface area contributed by atoms with Gasteiger partial charge in [0.2, 0.25) is 5.91 Å². The fourth-order valence-electron chi connectivity index (χ4n) is 5.19. The normalized spacial score (nSPS) is 19.6. The molecule has 2 heterocycles. The van der Waals surface area contributed by atoms with Gasteiger partial charge in [-0.1, -0.05) is 48.5 Å². The van der Waals surface area contributed by atoms with Gasteiger partial charge >= 0.3 is 6.03 Å². The van der Waals surface area contributed by atoms with Gasteiger partial charge in [0.05, 0.1) is 0 Å². The molecule has 0 aromatic heterocycles. The summed E-state index contributed by atoms with van der Waals surface area (Å²) in [6.45, 7) is 5.68. The summed E-state index contributed by atoms with van der Waals surface area (Å²) >= 11 is 0. The van der Waals surface area contributed by atoms with Crippen LogP contribution in [-0.4, -0.2) is 42.4 Å². The van der Waals surface area contributed by atoms with E-state index in [0.29, 0.717) is 16.8 Å². The van der Waals surface area contributed by atoms with Crippen LogP contribution in [0.2, 0.25) is 0 Å². The molecule has 2 aliphatic heterocycles. The highest BCUT2D eigenvalue weighted by atomic mass is 16.2. The number of hydrogen-bond acceptors (Lipinski definition) is 4. The number of rotatable bonds is 6. The van der Waals surface area contributed by atoms with E-state index in [1.165, 1.54) is 19.3 Å². The van der Waals surface area contributed by atoms with Crippen LogP contribution in [0.3, 0.4) is 0 Å². The number of aryl methyl sites for hydroxylation is 2. The third-order valence-electron chi connectivity index (χ3n) is 7.43. The Morgan fingerprint density at radius 3 is 2.24 bits per heavy atom. The molecule has 0 aliphatic carbocycles. The molecule has 190 valence electrons. The molecular formula is C30H32N4O3. The van der Waals surface area contributed by atoms with E-state index in [-0.39, 0.29) is 6.54 Å². The van der Waals surface area contributed by atoms with Crippen LogP contribution in [0.1, 0.15) is 41.5 Å². The zero-order valence-corrected chi connectivity index (χ0v) is 21.3. The smallest absolute Gasteiger partial charge is 0.326 e. The topological polar surface area (TPSA) is 81.8 Å². The summed E-state index contributed by atoms with van der Waals surface area (Å²) in [7, 11) is 0. The van der Waals surface area contributed by atoms with Crippen LogP contribution < -0.4 is 15.5 Å². The van der Waals surface area contributed by atoms with Crippen LogP contribution in [0.4, 0.5) is 16.2 Å². The molecule has 2 N–H and O–H groups in total. The lowest BCUT2D eigenvalue weighted by atomic mass is 9.81. The maximum atomic E-state index is 13.9. The molecule has 0 unspecified atom stereocenters. The van der Waals surface area contributed by atoms with Gasteiger partial charge in [-0.3, -0.25) is 14.5 Å². The van der Waals surface area contributed by atoms with Crippen LogP contribution in [0, 0.1) is 13.8 Å². The lowest BCUT2D eigenvalue weighted by Gasteiger charge is -2.29. The Kier molecular flexibility index (Phi) is 6.70. The Morgan fingerprint density at radius 1 is 0.865 bits per heavy atom. The third-order valence-corrected chi connectivity index (χ3v) is 7.43. The van der Waals surface area contributed by atoms with Crippen molar-refractivity contribution in [3.05, 3.63) is 95.1 Å². The maximum Gasteiger partial charge on any atom is 0.326 e. The van der Waals surface area contributed by atoms with Gasteiger partial charge < -0.3 is 15.5 Å². The van der Waals surface area contributed by atoms with Gasteiger partial charge in [0.1, 0.15) is 6.54 Å². The zero-order chi connectivity index (χ0) is 26.0. The number of carbonyl (C=O) groups excluding carboxylic acids is 3. The predicted molar refractivity (Wildman–Crippen MR) is 145 cm³/mol. The highest BCUT2D eigenvalue weighted by Gasteiger charge is 2.54. The number of urea groups is 1. The Hall–Kier alpha value is -4.13. The largest absolute Gasteiger partial charge is 0.372 e. The molecule has 37 heavy (non-hydrogen) atoms. The van der Waals surface area contributed by atoms with Gasteiger partial charge in [-0.05, 0) is 79.6 Å². The molecule has 0 saturated carbocycles. The van der Waals surface area contributed by atoms with Crippen LogP contribution in [0.15, 0.2) is 72.8 Å². The molecule has 7 heteroatoms. The molecule has 2 saturated heterocycles. The van der Waals surface area contributed by atoms with E-state index in [9.17, 15) is 14.4 Å². The predicted octanol–water partition coefficient (Wildman–Crippen LogP) is 4.73. The second-order valence-electron chi connectivity index (χ2n) is 9.88. The fourth-order valence-corrected chi connectivity index (χ4v) is 5.19. The van der Waals surface area contributed by atoms with Crippen LogP contribution in [-0.2, 0) is 15.1 Å². The summed E-state index contributed by atoms with van der Waals surface area (Å²) in [5.74, 6) is -0.902. The lowest BCUT2D eigenvalue weighted by Crippen LogP contribution is -2.45. The number of carbonyl (C=O) groups is 3. The highest BCUT2D eigenvalue weighted by molar-refractivity contribution is 6.12. The molecule has 0 bridgehead atoms. The number of anilines is 2. The summed E-state index contributed by atoms with van der Waals surface area (Å²) in [6, 6.07) is 22.0. The number of amides is 4. The first kappa shape index (κ1) is 24.6. The number of nitrogens with zero attached hydrogens (tertiary/aromatic N) is 2. The van der Waals surface area contributed by atoms with Crippen molar-refractivity contribution in [2.24, 2.45) is 0 Å². The van der Waals surface area contributed by atoms with Gasteiger partial charge in [-0.2, -0.15) is 0 Å². The van der Waals surface area contributed by atoms with E-state index in [1.54, 1.807) is 0 Å². The summed E-state index contributed by atoms with van der Waals surface area (Å²) in [5.41, 5.74) is 3.77. The molecule has 3 aromatic rings. The zero-order valence-electron chi connectivity index (χ0n) is 21.3. The second kappa shape index (κ2) is 10.1. The van der Waals surface area contributed by atoms with Gasteiger partial charge in [0, 0.05) is 24.5 Å². The average molecular weight is 497 g/mol. The van der Waals surface area contributed by atoms with E-state index >= 15 is 0 Å². The van der Waals surface area contributed by atoms with Gasteiger partial charge in [0.15, 0.2) is 5.54 Å². The van der Waals surface area contributed by atoms with Crippen LogP contribution in [0.25, 0.3) is 0 Å². The molecule has 1 atom stereocenters. The fraction of sp³-hybridized carbons (Fsp3) is 0.300. The second-order valence-corrected chi connectivity index (χ2v) is 9.88. The highest BCUT2D eigenvalue weighted by Crippen LogP contribution is 2.37. The monoisotopic (exact) mass is 496 g/mol. The minimum absolute atomic E-state index is 0.377. The van der Waals surface area contributed by atoms with Crippen molar-refractivity contribution in [1.82, 2.24) is 10.2 Å². The van der Waals surface area contributed by atoms with Crippen molar-refractivity contribution in [3.8, 4) is 0 Å². The first-order valence-corrected chi connectivity index (χ1v) is 12.8. The van der Waals surface area contributed by atoms with Crippen molar-refractivity contribution in [2.75, 3.05) is 29.9 Å². The molecule has 5 rings (SSSR count). The number of nitrogens with one attached hydrogen (secondary N) is 2. The molecule has 0 radical (unpaired) electrons. The SMILES string of the molecule is Cc1ccc([C@]2(c3ccccc3)NC(=O)N(CC(=O)Nc3ccc(N4CCCCC4)cc3)C2=O)cc1C. The van der Waals surface area contributed by atoms with E-state index < -0.39 is 23.4 Å². The van der Waals surface area contributed by atoms with Gasteiger partial charge in [0.25, 0.3) is 5.91 Å². The quantitative estimate of drug-likeness (QED) is 0.484. The Morgan fingerprint density at radius 2 is 1.57 bits per heavy atom. The third kappa shape index (κ3) is 4.69. The van der Waals surface area contributed by atoms with Crippen LogP contribution in [0.5, 0.6) is 0 Å². The Balaban J connectivity index is 1.36. The summed E-state index contributed by atoms with van der Waals surface area (Å²) in [5, 5.41) is 5.74. The Labute approximate surface area is 217 Å². The minimum atomic E-state index is -1.40. The first-order valence-electron chi connectivity index (χ1n) is 12.8.